The number of aromatic nitrogens is 2. The maximum Gasteiger partial charge on any atom is 0.171 e. The topological polar surface area (TPSA) is 59.1 Å². The number of nitrogens with one attached hydrogen (secondary N) is 1. The van der Waals surface area contributed by atoms with Crippen LogP contribution in [0.4, 0.5) is 17.2 Å². The van der Waals surface area contributed by atoms with Gasteiger partial charge >= 0.3 is 0 Å². The summed E-state index contributed by atoms with van der Waals surface area (Å²) in [5.74, 6) is 0.768. The van der Waals surface area contributed by atoms with Crippen LogP contribution in [-0.4, -0.2) is 29.9 Å². The molecule has 0 radical (unpaired) electrons. The van der Waals surface area contributed by atoms with Gasteiger partial charge in [0.15, 0.2) is 5.82 Å². The van der Waals surface area contributed by atoms with Crippen LogP contribution in [0.1, 0.15) is 6.42 Å². The quantitative estimate of drug-likeness (QED) is 0.778. The highest BCUT2D eigenvalue weighted by Gasteiger charge is 2.03. The van der Waals surface area contributed by atoms with Gasteiger partial charge in [0.2, 0.25) is 0 Å². The van der Waals surface area contributed by atoms with Gasteiger partial charge in [-0.3, -0.25) is 4.68 Å². The van der Waals surface area contributed by atoms with Crippen molar-refractivity contribution in [2.45, 2.75) is 6.42 Å². The summed E-state index contributed by atoms with van der Waals surface area (Å²) >= 11 is 0. The van der Waals surface area contributed by atoms with Crippen LogP contribution in [0.15, 0.2) is 36.5 Å². The predicted molar refractivity (Wildman–Crippen MR) is 80.4 cm³/mol. The van der Waals surface area contributed by atoms with Crippen LogP contribution in [0.3, 0.4) is 0 Å². The SMILES string of the molecule is CN(CCCNc1nn(C)cc1N)c1ccccc1. The van der Waals surface area contributed by atoms with Crippen LogP contribution in [0.2, 0.25) is 0 Å². The molecule has 0 saturated carbocycles. The molecule has 19 heavy (non-hydrogen) atoms. The van der Waals surface area contributed by atoms with Gasteiger partial charge in [-0.25, -0.2) is 0 Å². The summed E-state index contributed by atoms with van der Waals surface area (Å²) in [5, 5.41) is 7.51. The smallest absolute Gasteiger partial charge is 0.171 e. The largest absolute Gasteiger partial charge is 0.394 e. The lowest BCUT2D eigenvalue weighted by molar-refractivity contribution is 0.762. The van der Waals surface area contributed by atoms with Crippen LogP contribution in [-0.2, 0) is 7.05 Å². The summed E-state index contributed by atoms with van der Waals surface area (Å²) in [5.41, 5.74) is 7.75. The number of anilines is 3. The fourth-order valence-corrected chi connectivity index (χ4v) is 1.98. The molecule has 2 aromatic rings. The number of nitrogens with zero attached hydrogens (tertiary/aromatic N) is 3. The lowest BCUT2D eigenvalue weighted by atomic mass is 10.3. The molecule has 0 aliphatic rings. The minimum atomic E-state index is 0.693. The molecule has 0 aliphatic heterocycles. The Bertz CT molecular complexity index is 506. The zero-order valence-corrected chi connectivity index (χ0v) is 11.5. The van der Waals surface area contributed by atoms with Crippen LogP contribution in [0.5, 0.6) is 0 Å². The number of aryl methyl sites for hydroxylation is 1. The third-order valence-electron chi connectivity index (χ3n) is 3.02. The van der Waals surface area contributed by atoms with Gasteiger partial charge in [0, 0.05) is 39.1 Å². The van der Waals surface area contributed by atoms with E-state index >= 15 is 0 Å². The minimum Gasteiger partial charge on any atom is -0.394 e. The molecule has 0 spiro atoms. The number of para-hydroxylation sites is 1. The first-order chi connectivity index (χ1) is 9.16. The zero-order valence-electron chi connectivity index (χ0n) is 11.5. The number of nitrogen functional groups attached to an aromatic ring is 1. The van der Waals surface area contributed by atoms with E-state index in [1.54, 1.807) is 10.9 Å². The zero-order chi connectivity index (χ0) is 13.7. The second-order valence-electron chi connectivity index (χ2n) is 4.64. The van der Waals surface area contributed by atoms with Gasteiger partial charge in [-0.05, 0) is 18.6 Å². The van der Waals surface area contributed by atoms with E-state index in [-0.39, 0.29) is 0 Å². The van der Waals surface area contributed by atoms with Crippen LogP contribution in [0.25, 0.3) is 0 Å². The van der Waals surface area contributed by atoms with E-state index in [1.807, 2.05) is 13.1 Å². The van der Waals surface area contributed by atoms with Crippen molar-refractivity contribution in [3.05, 3.63) is 36.5 Å². The van der Waals surface area contributed by atoms with E-state index in [2.05, 4.69) is 46.6 Å². The number of nitrogens with two attached hydrogens (primary N) is 1. The van der Waals surface area contributed by atoms with Gasteiger partial charge in [0.1, 0.15) is 0 Å². The highest BCUT2D eigenvalue weighted by Crippen LogP contribution is 2.14. The summed E-state index contributed by atoms with van der Waals surface area (Å²) in [7, 11) is 3.97. The summed E-state index contributed by atoms with van der Waals surface area (Å²) in [6.07, 6.45) is 2.83. The molecule has 1 aromatic carbocycles. The van der Waals surface area contributed by atoms with Crippen LogP contribution < -0.4 is 16.0 Å². The van der Waals surface area contributed by atoms with Gasteiger partial charge in [0.05, 0.1) is 5.69 Å². The fourth-order valence-electron chi connectivity index (χ4n) is 1.98. The van der Waals surface area contributed by atoms with Crippen molar-refractivity contribution in [3.8, 4) is 0 Å². The Morgan fingerprint density at radius 2 is 2.05 bits per heavy atom. The van der Waals surface area contributed by atoms with E-state index in [4.69, 9.17) is 5.73 Å². The Hall–Kier alpha value is -2.17. The standard InChI is InChI=1S/C14H21N5/c1-18(12-7-4-3-5-8-12)10-6-9-16-14-13(15)11-19(2)17-14/h3-5,7-8,11H,6,9-10,15H2,1-2H3,(H,16,17). The maximum absolute atomic E-state index is 5.82. The molecule has 1 aromatic heterocycles. The van der Waals surface area contributed by atoms with Gasteiger partial charge in [-0.15, -0.1) is 0 Å². The van der Waals surface area contributed by atoms with Crippen molar-refractivity contribution >= 4 is 17.2 Å². The molecule has 0 saturated heterocycles. The highest BCUT2D eigenvalue weighted by molar-refractivity contribution is 5.59. The molecular weight excluding hydrogens is 238 g/mol. The first-order valence-corrected chi connectivity index (χ1v) is 6.46. The molecule has 0 atom stereocenters. The average Bonchev–Trinajstić information content (AvgIpc) is 2.74. The van der Waals surface area contributed by atoms with Gasteiger partial charge < -0.3 is 16.0 Å². The lowest BCUT2D eigenvalue weighted by Gasteiger charge is -2.19. The molecule has 5 heteroatoms. The van der Waals surface area contributed by atoms with E-state index in [9.17, 15) is 0 Å². The van der Waals surface area contributed by atoms with Crippen molar-refractivity contribution in [2.24, 2.45) is 7.05 Å². The summed E-state index contributed by atoms with van der Waals surface area (Å²) in [6, 6.07) is 10.4. The van der Waals surface area contributed by atoms with E-state index in [0.29, 0.717) is 5.69 Å². The Morgan fingerprint density at radius 3 is 2.68 bits per heavy atom. The third kappa shape index (κ3) is 3.64. The maximum atomic E-state index is 5.82. The Labute approximate surface area is 114 Å². The molecule has 0 amide bonds. The number of rotatable bonds is 6. The third-order valence-corrected chi connectivity index (χ3v) is 3.02. The predicted octanol–water partition coefficient (Wildman–Crippen LogP) is 1.94. The average molecular weight is 259 g/mol. The molecule has 0 fully saturated rings. The van der Waals surface area contributed by atoms with Gasteiger partial charge in [-0.1, -0.05) is 18.2 Å². The molecular formula is C14H21N5. The van der Waals surface area contributed by atoms with Crippen molar-refractivity contribution in [2.75, 3.05) is 36.1 Å². The summed E-state index contributed by atoms with van der Waals surface area (Å²) < 4.78 is 1.72. The first-order valence-electron chi connectivity index (χ1n) is 6.46. The number of hydrogen-bond donors (Lipinski definition) is 2. The van der Waals surface area contributed by atoms with Gasteiger partial charge in [0.25, 0.3) is 0 Å². The normalized spacial score (nSPS) is 10.4. The highest BCUT2D eigenvalue weighted by atomic mass is 15.3. The number of hydrogen-bond acceptors (Lipinski definition) is 4. The lowest BCUT2D eigenvalue weighted by Crippen LogP contribution is -2.20. The van der Waals surface area contributed by atoms with Crippen molar-refractivity contribution < 1.29 is 0 Å². The molecule has 2 rings (SSSR count). The van der Waals surface area contributed by atoms with Crippen molar-refractivity contribution in [1.82, 2.24) is 9.78 Å². The molecule has 5 nitrogen and oxygen atoms in total. The van der Waals surface area contributed by atoms with E-state index < -0.39 is 0 Å². The summed E-state index contributed by atoms with van der Waals surface area (Å²) in [4.78, 5) is 2.24. The molecule has 0 aliphatic carbocycles. The van der Waals surface area contributed by atoms with Gasteiger partial charge in [-0.2, -0.15) is 5.10 Å². The van der Waals surface area contributed by atoms with Crippen LogP contribution in [0, 0.1) is 0 Å². The monoisotopic (exact) mass is 259 g/mol. The van der Waals surface area contributed by atoms with Crippen LogP contribution >= 0.6 is 0 Å². The molecule has 0 bridgehead atoms. The molecule has 0 unspecified atom stereocenters. The Balaban J connectivity index is 1.74. The second-order valence-corrected chi connectivity index (χ2v) is 4.64. The molecule has 3 N–H and O–H groups in total. The second kappa shape index (κ2) is 6.13. The fraction of sp³-hybridized carbons (Fsp3) is 0.357. The minimum absolute atomic E-state index is 0.693. The molecule has 102 valence electrons. The molecule has 1 heterocycles. The van der Waals surface area contributed by atoms with Crippen molar-refractivity contribution in [1.29, 1.82) is 0 Å². The number of benzene rings is 1. The van der Waals surface area contributed by atoms with Crippen molar-refractivity contribution in [3.63, 3.8) is 0 Å². The summed E-state index contributed by atoms with van der Waals surface area (Å²) in [6.45, 7) is 1.85. The van der Waals surface area contributed by atoms with E-state index in [1.165, 1.54) is 5.69 Å². The Kier molecular flexibility index (Phi) is 4.28. The Morgan fingerprint density at radius 1 is 1.32 bits per heavy atom. The first kappa shape index (κ1) is 13.3. The van der Waals surface area contributed by atoms with E-state index in [0.717, 1.165) is 25.3 Å².